The zero-order valence-corrected chi connectivity index (χ0v) is 15.1. The Morgan fingerprint density at radius 2 is 1.17 bits per heavy atom. The lowest BCUT2D eigenvalue weighted by Gasteiger charge is -2.33. The van der Waals surface area contributed by atoms with Crippen molar-refractivity contribution in [2.45, 2.75) is 71.1 Å². The number of hydrogen-bond acceptors (Lipinski definition) is 2. The summed E-state index contributed by atoms with van der Waals surface area (Å²) < 4.78 is 45.4. The van der Waals surface area contributed by atoms with Crippen LogP contribution in [0.15, 0.2) is 12.1 Å². The highest BCUT2D eigenvalue weighted by Crippen LogP contribution is 2.45. The lowest BCUT2D eigenvalue weighted by molar-refractivity contribution is -0.258. The number of benzene rings is 1. The average Bonchev–Trinajstić information content (AvgIpc) is 2.33. The van der Waals surface area contributed by atoms with Gasteiger partial charge < -0.3 is 9.84 Å². The van der Waals surface area contributed by atoms with Crippen LogP contribution < -0.4 is 4.74 Å². The van der Waals surface area contributed by atoms with Gasteiger partial charge in [0.2, 0.25) is 0 Å². The van der Waals surface area contributed by atoms with Gasteiger partial charge >= 0.3 is 6.18 Å². The predicted molar refractivity (Wildman–Crippen MR) is 86.0 cm³/mol. The van der Waals surface area contributed by atoms with Crippen molar-refractivity contribution in [3.63, 3.8) is 0 Å². The van der Waals surface area contributed by atoms with E-state index in [1.807, 2.05) is 41.5 Å². The number of hydrogen-bond donors (Lipinski definition) is 1. The zero-order chi connectivity index (χ0) is 18.4. The van der Waals surface area contributed by atoms with Crippen molar-refractivity contribution >= 4 is 0 Å². The molecule has 0 aliphatic heterocycles. The summed E-state index contributed by atoms with van der Waals surface area (Å²) in [5.41, 5.74) is -2.65. The van der Waals surface area contributed by atoms with E-state index >= 15 is 0 Å². The van der Waals surface area contributed by atoms with E-state index < -0.39 is 22.6 Å². The Kier molecular flexibility index (Phi) is 4.90. The molecular weight excluding hydrogens is 305 g/mol. The SMILES string of the molecule is COc1c(C(C)(C)C)cc(C(C)(O)C(F)(F)F)cc1C(C)(C)C. The van der Waals surface area contributed by atoms with Gasteiger partial charge in [-0.3, -0.25) is 0 Å². The van der Waals surface area contributed by atoms with Gasteiger partial charge in [-0.25, -0.2) is 0 Å². The number of halogens is 3. The minimum Gasteiger partial charge on any atom is -0.496 e. The molecule has 0 heterocycles. The largest absolute Gasteiger partial charge is 0.496 e. The predicted octanol–water partition coefficient (Wildman–Crippen LogP) is 5.06. The zero-order valence-electron chi connectivity index (χ0n) is 15.1. The highest BCUT2D eigenvalue weighted by Gasteiger charge is 2.52. The Morgan fingerprint density at radius 3 is 1.39 bits per heavy atom. The number of rotatable bonds is 2. The van der Waals surface area contributed by atoms with E-state index in [1.54, 1.807) is 0 Å². The highest BCUT2D eigenvalue weighted by molar-refractivity contribution is 5.52. The molecule has 0 radical (unpaired) electrons. The van der Waals surface area contributed by atoms with E-state index in [1.165, 1.54) is 19.2 Å². The van der Waals surface area contributed by atoms with Crippen molar-refractivity contribution in [3.8, 4) is 5.75 Å². The van der Waals surface area contributed by atoms with E-state index in [0.29, 0.717) is 16.9 Å². The van der Waals surface area contributed by atoms with E-state index in [9.17, 15) is 18.3 Å². The van der Waals surface area contributed by atoms with Crippen LogP contribution in [-0.2, 0) is 16.4 Å². The second-order valence-corrected chi connectivity index (χ2v) is 8.17. The molecule has 1 N–H and O–H groups in total. The molecule has 23 heavy (non-hydrogen) atoms. The topological polar surface area (TPSA) is 29.5 Å². The molecule has 1 rings (SSSR count). The Hall–Kier alpha value is -1.23. The van der Waals surface area contributed by atoms with Crippen molar-refractivity contribution in [1.82, 2.24) is 0 Å². The molecule has 0 aliphatic rings. The summed E-state index contributed by atoms with van der Waals surface area (Å²) in [6.07, 6.45) is -4.76. The smallest absolute Gasteiger partial charge is 0.421 e. The van der Waals surface area contributed by atoms with Gasteiger partial charge in [0.15, 0.2) is 5.60 Å². The Balaban J connectivity index is 3.85. The van der Waals surface area contributed by atoms with Gasteiger partial charge in [-0.1, -0.05) is 41.5 Å². The molecule has 0 spiro atoms. The average molecular weight is 332 g/mol. The van der Waals surface area contributed by atoms with Crippen LogP contribution in [0.3, 0.4) is 0 Å². The number of aliphatic hydroxyl groups is 1. The maximum Gasteiger partial charge on any atom is 0.421 e. The summed E-state index contributed by atoms with van der Waals surface area (Å²) in [4.78, 5) is 0. The van der Waals surface area contributed by atoms with Crippen molar-refractivity contribution in [1.29, 1.82) is 0 Å². The molecule has 1 aromatic rings. The van der Waals surface area contributed by atoms with Gasteiger partial charge in [0.05, 0.1) is 7.11 Å². The van der Waals surface area contributed by atoms with E-state index in [2.05, 4.69) is 0 Å². The Labute approximate surface area is 136 Å². The maximum absolute atomic E-state index is 13.3. The van der Waals surface area contributed by atoms with Gasteiger partial charge in [-0.15, -0.1) is 0 Å². The normalized spacial score (nSPS) is 16.2. The minimum absolute atomic E-state index is 0.166. The summed E-state index contributed by atoms with van der Waals surface area (Å²) in [5, 5.41) is 10.1. The number of alkyl halides is 3. The molecule has 0 aliphatic carbocycles. The quantitative estimate of drug-likeness (QED) is 0.820. The van der Waals surface area contributed by atoms with E-state index in [4.69, 9.17) is 4.74 Å². The molecule has 0 saturated carbocycles. The minimum atomic E-state index is -4.76. The molecule has 0 fully saturated rings. The summed E-state index contributed by atoms with van der Waals surface area (Å²) in [7, 11) is 1.52. The third-order valence-electron chi connectivity index (χ3n) is 4.02. The van der Waals surface area contributed by atoms with Crippen LogP contribution in [0, 0.1) is 0 Å². The van der Waals surface area contributed by atoms with Crippen molar-refractivity contribution in [2.24, 2.45) is 0 Å². The van der Waals surface area contributed by atoms with Gasteiger partial charge in [-0.2, -0.15) is 13.2 Å². The third kappa shape index (κ3) is 3.82. The van der Waals surface area contributed by atoms with Crippen molar-refractivity contribution < 1.29 is 23.0 Å². The number of methoxy groups -OCH3 is 1. The molecule has 1 unspecified atom stereocenters. The summed E-state index contributed by atoms with van der Waals surface area (Å²) >= 11 is 0. The van der Waals surface area contributed by atoms with Crippen LogP contribution in [0.1, 0.15) is 65.2 Å². The van der Waals surface area contributed by atoms with Gasteiger partial charge in [-0.05, 0) is 35.4 Å². The first-order valence-corrected chi connectivity index (χ1v) is 7.56. The first kappa shape index (κ1) is 19.8. The molecular formula is C18H27F3O2. The molecule has 132 valence electrons. The Morgan fingerprint density at radius 1 is 0.826 bits per heavy atom. The summed E-state index contributed by atoms with van der Waals surface area (Å²) in [5.74, 6) is 0.576. The van der Waals surface area contributed by atoms with Crippen LogP contribution in [-0.4, -0.2) is 18.4 Å². The van der Waals surface area contributed by atoms with Gasteiger partial charge in [0.1, 0.15) is 5.75 Å². The molecule has 1 atom stereocenters. The van der Waals surface area contributed by atoms with E-state index in [0.717, 1.165) is 6.92 Å². The second-order valence-electron chi connectivity index (χ2n) is 8.17. The van der Waals surface area contributed by atoms with Crippen LogP contribution in [0.25, 0.3) is 0 Å². The van der Waals surface area contributed by atoms with Crippen molar-refractivity contribution in [2.75, 3.05) is 7.11 Å². The molecule has 5 heteroatoms. The van der Waals surface area contributed by atoms with Crippen LogP contribution in [0.2, 0.25) is 0 Å². The Bertz CT molecular complexity index is 538. The fourth-order valence-corrected chi connectivity index (χ4v) is 2.41. The molecule has 1 aromatic carbocycles. The van der Waals surface area contributed by atoms with Crippen LogP contribution >= 0.6 is 0 Å². The molecule has 0 aromatic heterocycles. The lowest BCUT2D eigenvalue weighted by Crippen LogP contribution is -2.40. The lowest BCUT2D eigenvalue weighted by atomic mass is 9.76. The van der Waals surface area contributed by atoms with Crippen LogP contribution in [0.4, 0.5) is 13.2 Å². The van der Waals surface area contributed by atoms with Gasteiger partial charge in [0.25, 0.3) is 0 Å². The monoisotopic (exact) mass is 332 g/mol. The molecule has 0 bridgehead atoms. The molecule has 0 saturated heterocycles. The summed E-state index contributed by atoms with van der Waals surface area (Å²) in [6.45, 7) is 12.2. The second kappa shape index (κ2) is 5.69. The maximum atomic E-state index is 13.3. The first-order valence-electron chi connectivity index (χ1n) is 7.56. The standard InChI is InChI=1S/C18H27F3O2/c1-15(2,3)12-9-11(17(7,22)18(19,20)21)10-13(14(12)23-8)16(4,5)6/h9-10,22H,1-8H3. The molecule has 2 nitrogen and oxygen atoms in total. The molecule has 0 amide bonds. The highest BCUT2D eigenvalue weighted by atomic mass is 19.4. The first-order chi connectivity index (χ1) is 10.0. The van der Waals surface area contributed by atoms with Crippen molar-refractivity contribution in [3.05, 3.63) is 28.8 Å². The van der Waals surface area contributed by atoms with Crippen LogP contribution in [0.5, 0.6) is 5.75 Å². The third-order valence-corrected chi connectivity index (χ3v) is 4.02. The number of ether oxygens (including phenoxy) is 1. The fraction of sp³-hybridized carbons (Fsp3) is 0.667. The van der Waals surface area contributed by atoms with Gasteiger partial charge in [0, 0.05) is 11.1 Å². The fourth-order valence-electron chi connectivity index (χ4n) is 2.41. The van der Waals surface area contributed by atoms with E-state index in [-0.39, 0.29) is 5.56 Å². The summed E-state index contributed by atoms with van der Waals surface area (Å²) in [6, 6.07) is 2.81.